The first-order valence-corrected chi connectivity index (χ1v) is 6.72. The first-order chi connectivity index (χ1) is 10.1. The van der Waals surface area contributed by atoms with Crippen LogP contribution in [0.25, 0.3) is 0 Å². The molecule has 0 bridgehead atoms. The number of hydrogen-bond donors (Lipinski definition) is 3. The molecule has 2 rings (SSSR count). The topological polar surface area (TPSA) is 125 Å². The molecule has 21 heavy (non-hydrogen) atoms. The number of anilines is 1. The Hall–Kier alpha value is -2.35. The molecular weight excluding hydrogens is 276 g/mol. The molecule has 8 nitrogen and oxygen atoms in total. The first-order valence-electron chi connectivity index (χ1n) is 6.72. The smallest absolute Gasteiger partial charge is 0.270 e. The van der Waals surface area contributed by atoms with Crippen LogP contribution in [0.4, 0.5) is 11.4 Å². The summed E-state index contributed by atoms with van der Waals surface area (Å²) in [6.07, 6.45) is 3.09. The molecule has 1 saturated carbocycles. The average molecular weight is 294 g/mol. The molecule has 0 unspecified atom stereocenters. The van der Waals surface area contributed by atoms with E-state index in [2.05, 4.69) is 5.16 Å². The fourth-order valence-corrected chi connectivity index (χ4v) is 2.45. The van der Waals surface area contributed by atoms with Crippen molar-refractivity contribution in [3.05, 3.63) is 33.9 Å². The molecule has 0 amide bonds. The van der Waals surface area contributed by atoms with Gasteiger partial charge in [-0.15, -0.1) is 0 Å². The normalized spacial score (nSPS) is 15.6. The van der Waals surface area contributed by atoms with Crippen molar-refractivity contribution in [1.82, 2.24) is 0 Å². The molecule has 0 heterocycles. The highest BCUT2D eigenvalue weighted by molar-refractivity contribution is 6.03. The van der Waals surface area contributed by atoms with Gasteiger partial charge in [0.1, 0.15) is 0 Å². The molecule has 0 aromatic heterocycles. The van der Waals surface area contributed by atoms with Crippen LogP contribution in [-0.2, 0) is 0 Å². The van der Waals surface area contributed by atoms with Gasteiger partial charge in [0.2, 0.25) is 0 Å². The van der Waals surface area contributed by atoms with Crippen molar-refractivity contribution in [2.24, 2.45) is 10.9 Å². The van der Waals surface area contributed by atoms with E-state index in [0.717, 1.165) is 19.3 Å². The van der Waals surface area contributed by atoms with E-state index in [1.165, 1.54) is 12.1 Å². The summed E-state index contributed by atoms with van der Waals surface area (Å²) in [7, 11) is 0. The average Bonchev–Trinajstić information content (AvgIpc) is 2.43. The van der Waals surface area contributed by atoms with E-state index in [0.29, 0.717) is 17.8 Å². The third-order valence-electron chi connectivity index (χ3n) is 3.74. The van der Waals surface area contributed by atoms with Crippen molar-refractivity contribution in [3.8, 4) is 0 Å². The van der Waals surface area contributed by atoms with Crippen LogP contribution in [0.1, 0.15) is 24.8 Å². The molecule has 1 aliphatic carbocycles. The number of nitrogens with two attached hydrogens (primary N) is 1. The van der Waals surface area contributed by atoms with Gasteiger partial charge in [0.25, 0.3) is 5.69 Å². The van der Waals surface area contributed by atoms with Gasteiger partial charge in [-0.25, -0.2) is 0 Å². The minimum atomic E-state index is -0.530. The van der Waals surface area contributed by atoms with Crippen LogP contribution in [0.3, 0.4) is 0 Å². The summed E-state index contributed by atoms with van der Waals surface area (Å²) in [6.45, 7) is 0.358. The molecule has 8 heteroatoms. The number of aliphatic hydroxyl groups excluding tert-OH is 1. The molecule has 114 valence electrons. The van der Waals surface area contributed by atoms with Crippen molar-refractivity contribution in [2.45, 2.75) is 25.3 Å². The van der Waals surface area contributed by atoms with Crippen LogP contribution >= 0.6 is 0 Å². The van der Waals surface area contributed by atoms with Gasteiger partial charge in [0, 0.05) is 30.4 Å². The molecule has 0 spiro atoms. The SMILES string of the molecule is N/C(=N/O)c1cc([N+](=O)[O-])ccc1N(CCO)C1CCC1. The quantitative estimate of drug-likeness (QED) is 0.237. The summed E-state index contributed by atoms with van der Waals surface area (Å²) < 4.78 is 0. The van der Waals surface area contributed by atoms with E-state index in [4.69, 9.17) is 10.9 Å². The summed E-state index contributed by atoms with van der Waals surface area (Å²) in [5.74, 6) is -0.184. The Balaban J connectivity index is 2.46. The lowest BCUT2D eigenvalue weighted by Crippen LogP contribution is -2.43. The Morgan fingerprint density at radius 2 is 2.24 bits per heavy atom. The number of nitrogens with zero attached hydrogens (tertiary/aromatic N) is 3. The van der Waals surface area contributed by atoms with Gasteiger partial charge in [0.15, 0.2) is 5.84 Å². The Bertz CT molecular complexity index is 557. The van der Waals surface area contributed by atoms with Crippen LogP contribution in [0, 0.1) is 10.1 Å². The van der Waals surface area contributed by atoms with E-state index < -0.39 is 4.92 Å². The lowest BCUT2D eigenvalue weighted by Gasteiger charge is -2.39. The van der Waals surface area contributed by atoms with Gasteiger partial charge >= 0.3 is 0 Å². The second kappa shape index (κ2) is 6.40. The van der Waals surface area contributed by atoms with E-state index in [-0.39, 0.29) is 24.2 Å². The molecule has 1 fully saturated rings. The van der Waals surface area contributed by atoms with Crippen molar-refractivity contribution < 1.29 is 15.2 Å². The van der Waals surface area contributed by atoms with Crippen LogP contribution in [-0.4, -0.2) is 40.3 Å². The summed E-state index contributed by atoms with van der Waals surface area (Å²) in [5, 5.41) is 32.0. The second-order valence-corrected chi connectivity index (χ2v) is 4.95. The largest absolute Gasteiger partial charge is 0.409 e. The zero-order valence-corrected chi connectivity index (χ0v) is 11.5. The van der Waals surface area contributed by atoms with Crippen LogP contribution < -0.4 is 10.6 Å². The number of amidine groups is 1. The van der Waals surface area contributed by atoms with Crippen molar-refractivity contribution >= 4 is 17.2 Å². The molecule has 1 aromatic carbocycles. The minimum absolute atomic E-state index is 0.0386. The Morgan fingerprint density at radius 1 is 1.52 bits per heavy atom. The van der Waals surface area contributed by atoms with E-state index >= 15 is 0 Å². The maximum absolute atomic E-state index is 10.9. The highest BCUT2D eigenvalue weighted by atomic mass is 16.6. The fourth-order valence-electron chi connectivity index (χ4n) is 2.45. The van der Waals surface area contributed by atoms with E-state index in [9.17, 15) is 15.2 Å². The summed E-state index contributed by atoms with van der Waals surface area (Å²) in [5.41, 5.74) is 6.45. The maximum atomic E-state index is 10.9. The number of nitro groups is 1. The summed E-state index contributed by atoms with van der Waals surface area (Å²) in [4.78, 5) is 12.3. The number of benzene rings is 1. The van der Waals surface area contributed by atoms with Gasteiger partial charge < -0.3 is 20.9 Å². The van der Waals surface area contributed by atoms with Crippen molar-refractivity contribution in [3.63, 3.8) is 0 Å². The number of hydrogen-bond acceptors (Lipinski definition) is 6. The monoisotopic (exact) mass is 294 g/mol. The van der Waals surface area contributed by atoms with Gasteiger partial charge in [-0.05, 0) is 25.3 Å². The lowest BCUT2D eigenvalue weighted by atomic mass is 9.90. The van der Waals surface area contributed by atoms with Gasteiger partial charge in [-0.2, -0.15) is 0 Å². The third kappa shape index (κ3) is 3.05. The van der Waals surface area contributed by atoms with E-state index in [1.807, 2.05) is 4.90 Å². The second-order valence-electron chi connectivity index (χ2n) is 4.95. The zero-order valence-electron chi connectivity index (χ0n) is 11.5. The van der Waals surface area contributed by atoms with Crippen LogP contribution in [0.5, 0.6) is 0 Å². The number of oxime groups is 1. The van der Waals surface area contributed by atoms with E-state index in [1.54, 1.807) is 6.07 Å². The molecule has 0 aliphatic heterocycles. The molecular formula is C13H18N4O4. The molecule has 0 saturated heterocycles. The fraction of sp³-hybridized carbons (Fsp3) is 0.462. The minimum Gasteiger partial charge on any atom is -0.409 e. The van der Waals surface area contributed by atoms with Crippen LogP contribution in [0.2, 0.25) is 0 Å². The molecule has 1 aliphatic rings. The van der Waals surface area contributed by atoms with Crippen LogP contribution in [0.15, 0.2) is 23.4 Å². The lowest BCUT2D eigenvalue weighted by molar-refractivity contribution is -0.384. The van der Waals surface area contributed by atoms with Gasteiger partial charge in [-0.1, -0.05) is 5.16 Å². The predicted octanol–water partition coefficient (Wildman–Crippen LogP) is 1.04. The molecule has 1 aromatic rings. The van der Waals surface area contributed by atoms with Crippen molar-refractivity contribution in [1.29, 1.82) is 0 Å². The summed E-state index contributed by atoms with van der Waals surface area (Å²) in [6, 6.07) is 4.52. The maximum Gasteiger partial charge on any atom is 0.270 e. The standard InChI is InChI=1S/C13H18N4O4/c14-13(15-19)11-8-10(17(20)21)4-5-12(11)16(6-7-18)9-2-1-3-9/h4-5,8-9,18-19H,1-3,6-7H2,(H2,14,15). The first kappa shape index (κ1) is 15.0. The number of aliphatic hydroxyl groups is 1. The third-order valence-corrected chi connectivity index (χ3v) is 3.74. The molecule has 4 N–H and O–H groups in total. The van der Waals surface area contributed by atoms with Crippen molar-refractivity contribution in [2.75, 3.05) is 18.1 Å². The highest BCUT2D eigenvalue weighted by Gasteiger charge is 2.28. The Labute approximate surface area is 121 Å². The zero-order chi connectivity index (χ0) is 15.4. The Morgan fingerprint density at radius 3 is 2.71 bits per heavy atom. The Kier molecular flexibility index (Phi) is 4.59. The molecule has 0 atom stereocenters. The number of nitro benzene ring substituents is 1. The number of rotatable bonds is 6. The predicted molar refractivity (Wildman–Crippen MR) is 77.7 cm³/mol. The number of non-ortho nitro benzene ring substituents is 1. The molecule has 0 radical (unpaired) electrons. The van der Waals surface area contributed by atoms with Gasteiger partial charge in [0.05, 0.1) is 17.1 Å². The highest BCUT2D eigenvalue weighted by Crippen LogP contribution is 2.33. The van der Waals surface area contributed by atoms with Gasteiger partial charge in [-0.3, -0.25) is 10.1 Å². The summed E-state index contributed by atoms with van der Waals surface area (Å²) >= 11 is 0.